The second-order valence-corrected chi connectivity index (χ2v) is 6.39. The average molecular weight is 335 g/mol. The molecule has 134 valence electrons. The number of carbonyl (C=O) groups excluding carboxylic acids is 1. The molecule has 0 radical (unpaired) electrons. The van der Waals surface area contributed by atoms with E-state index in [0.29, 0.717) is 22.8 Å². The normalized spacial score (nSPS) is 20.3. The molecule has 0 aromatic heterocycles. The summed E-state index contributed by atoms with van der Waals surface area (Å²) >= 11 is 0. The number of benzene rings is 1. The smallest absolute Gasteiger partial charge is 0.251 e. The molecule has 1 aromatic rings. The maximum atomic E-state index is 12.6. The van der Waals surface area contributed by atoms with E-state index in [9.17, 15) is 4.79 Å². The third kappa shape index (κ3) is 4.34. The van der Waals surface area contributed by atoms with Crippen molar-refractivity contribution in [2.24, 2.45) is 5.92 Å². The minimum Gasteiger partial charge on any atom is -0.493 e. The van der Waals surface area contributed by atoms with Crippen LogP contribution in [0.4, 0.5) is 0 Å². The second kappa shape index (κ2) is 8.81. The highest BCUT2D eigenvalue weighted by Crippen LogP contribution is 2.38. The van der Waals surface area contributed by atoms with E-state index < -0.39 is 0 Å². The quantitative estimate of drug-likeness (QED) is 0.823. The van der Waals surface area contributed by atoms with Gasteiger partial charge in [-0.1, -0.05) is 19.8 Å². The average Bonchev–Trinajstić information content (AvgIpc) is 2.62. The highest BCUT2D eigenvalue weighted by atomic mass is 16.5. The van der Waals surface area contributed by atoms with Crippen molar-refractivity contribution in [2.45, 2.75) is 51.5 Å². The second-order valence-electron chi connectivity index (χ2n) is 6.39. The Kier molecular flexibility index (Phi) is 6.76. The van der Waals surface area contributed by atoms with Crippen LogP contribution in [0.25, 0.3) is 0 Å². The van der Waals surface area contributed by atoms with Crippen molar-refractivity contribution in [1.82, 2.24) is 5.32 Å². The molecule has 24 heavy (non-hydrogen) atoms. The van der Waals surface area contributed by atoms with Crippen molar-refractivity contribution in [3.05, 3.63) is 17.7 Å². The molecule has 1 amide bonds. The molecule has 5 nitrogen and oxygen atoms in total. The SMILES string of the molecule is CCCC1CCC(NC(=O)c2cc(OC)c(OC)c(OC)c2)CC1. The Labute approximate surface area is 144 Å². The molecule has 0 spiro atoms. The van der Waals surface area contributed by atoms with Gasteiger partial charge in [0.1, 0.15) is 0 Å². The van der Waals surface area contributed by atoms with Gasteiger partial charge in [0.15, 0.2) is 11.5 Å². The lowest BCUT2D eigenvalue weighted by Gasteiger charge is -2.29. The predicted octanol–water partition coefficient (Wildman–Crippen LogP) is 3.80. The van der Waals surface area contributed by atoms with E-state index in [1.54, 1.807) is 33.5 Å². The van der Waals surface area contributed by atoms with Crippen LogP contribution in [0.1, 0.15) is 55.8 Å². The van der Waals surface area contributed by atoms with Crippen LogP contribution in [0.15, 0.2) is 12.1 Å². The van der Waals surface area contributed by atoms with Gasteiger partial charge in [0.2, 0.25) is 5.75 Å². The van der Waals surface area contributed by atoms with Crippen LogP contribution in [0.2, 0.25) is 0 Å². The van der Waals surface area contributed by atoms with Crippen LogP contribution in [0.3, 0.4) is 0 Å². The number of amides is 1. The Balaban J connectivity index is 2.05. The van der Waals surface area contributed by atoms with Crippen LogP contribution in [0.5, 0.6) is 17.2 Å². The Morgan fingerprint density at radius 2 is 1.62 bits per heavy atom. The van der Waals surface area contributed by atoms with Crippen LogP contribution in [-0.4, -0.2) is 33.3 Å². The van der Waals surface area contributed by atoms with Crippen LogP contribution >= 0.6 is 0 Å². The molecule has 1 aliphatic rings. The summed E-state index contributed by atoms with van der Waals surface area (Å²) in [5.74, 6) is 2.22. The third-order valence-corrected chi connectivity index (χ3v) is 4.81. The van der Waals surface area contributed by atoms with E-state index >= 15 is 0 Å². The van der Waals surface area contributed by atoms with Crippen molar-refractivity contribution in [3.63, 3.8) is 0 Å². The van der Waals surface area contributed by atoms with Gasteiger partial charge in [0.05, 0.1) is 21.3 Å². The van der Waals surface area contributed by atoms with Gasteiger partial charge in [-0.05, 0) is 43.7 Å². The molecular weight excluding hydrogens is 306 g/mol. The molecule has 0 unspecified atom stereocenters. The summed E-state index contributed by atoms with van der Waals surface area (Å²) in [7, 11) is 4.65. The summed E-state index contributed by atoms with van der Waals surface area (Å²) in [5, 5.41) is 3.15. The lowest BCUT2D eigenvalue weighted by molar-refractivity contribution is 0.0920. The first-order chi connectivity index (χ1) is 11.6. The summed E-state index contributed by atoms with van der Waals surface area (Å²) in [6.07, 6.45) is 7.06. The summed E-state index contributed by atoms with van der Waals surface area (Å²) in [4.78, 5) is 12.6. The van der Waals surface area contributed by atoms with Crippen LogP contribution in [-0.2, 0) is 0 Å². The topological polar surface area (TPSA) is 56.8 Å². The minimum atomic E-state index is -0.0896. The van der Waals surface area contributed by atoms with Gasteiger partial charge in [0.25, 0.3) is 5.91 Å². The van der Waals surface area contributed by atoms with Crippen molar-refractivity contribution in [1.29, 1.82) is 0 Å². The number of carbonyl (C=O) groups is 1. The van der Waals surface area contributed by atoms with E-state index in [-0.39, 0.29) is 11.9 Å². The van der Waals surface area contributed by atoms with E-state index in [2.05, 4.69) is 12.2 Å². The number of rotatable bonds is 7. The molecule has 0 atom stereocenters. The highest BCUT2D eigenvalue weighted by Gasteiger charge is 2.23. The number of hydrogen-bond donors (Lipinski definition) is 1. The van der Waals surface area contributed by atoms with E-state index in [0.717, 1.165) is 18.8 Å². The highest BCUT2D eigenvalue weighted by molar-refractivity contribution is 5.95. The van der Waals surface area contributed by atoms with Crippen LogP contribution in [0, 0.1) is 5.92 Å². The summed E-state index contributed by atoms with van der Waals surface area (Å²) < 4.78 is 15.9. The van der Waals surface area contributed by atoms with Gasteiger partial charge < -0.3 is 19.5 Å². The zero-order valence-electron chi connectivity index (χ0n) is 15.2. The van der Waals surface area contributed by atoms with Gasteiger partial charge in [0, 0.05) is 11.6 Å². The van der Waals surface area contributed by atoms with Crippen molar-refractivity contribution in [2.75, 3.05) is 21.3 Å². The molecule has 1 saturated carbocycles. The zero-order valence-corrected chi connectivity index (χ0v) is 15.2. The molecule has 0 heterocycles. The molecule has 2 rings (SSSR count). The number of methoxy groups -OCH3 is 3. The molecule has 1 aliphatic carbocycles. The molecule has 0 bridgehead atoms. The van der Waals surface area contributed by atoms with Gasteiger partial charge in [-0.2, -0.15) is 0 Å². The zero-order chi connectivity index (χ0) is 17.5. The van der Waals surface area contributed by atoms with Gasteiger partial charge >= 0.3 is 0 Å². The summed E-state index contributed by atoms with van der Waals surface area (Å²) in [6, 6.07) is 3.64. The van der Waals surface area contributed by atoms with Crippen molar-refractivity contribution >= 4 is 5.91 Å². The fourth-order valence-corrected chi connectivity index (χ4v) is 3.48. The first kappa shape index (κ1) is 18.4. The van der Waals surface area contributed by atoms with Gasteiger partial charge in [-0.3, -0.25) is 4.79 Å². The maximum absolute atomic E-state index is 12.6. The van der Waals surface area contributed by atoms with Gasteiger partial charge in [-0.15, -0.1) is 0 Å². The molecule has 1 N–H and O–H groups in total. The maximum Gasteiger partial charge on any atom is 0.251 e. The Morgan fingerprint density at radius 1 is 1.04 bits per heavy atom. The molecule has 5 heteroatoms. The first-order valence-corrected chi connectivity index (χ1v) is 8.73. The van der Waals surface area contributed by atoms with Crippen molar-refractivity contribution < 1.29 is 19.0 Å². The van der Waals surface area contributed by atoms with Gasteiger partial charge in [-0.25, -0.2) is 0 Å². The number of ether oxygens (including phenoxy) is 3. The molecule has 1 aromatic carbocycles. The molecule has 0 aliphatic heterocycles. The monoisotopic (exact) mass is 335 g/mol. The Bertz CT molecular complexity index is 525. The van der Waals surface area contributed by atoms with E-state index in [4.69, 9.17) is 14.2 Å². The molecule has 1 fully saturated rings. The minimum absolute atomic E-state index is 0.0896. The number of hydrogen-bond acceptors (Lipinski definition) is 4. The largest absolute Gasteiger partial charge is 0.493 e. The number of nitrogens with one attached hydrogen (secondary N) is 1. The summed E-state index contributed by atoms with van der Waals surface area (Å²) in [5.41, 5.74) is 0.528. The van der Waals surface area contributed by atoms with Crippen LogP contribution < -0.4 is 19.5 Å². The Hall–Kier alpha value is -1.91. The lowest BCUT2D eigenvalue weighted by Crippen LogP contribution is -2.37. The molecular formula is C19H29NO4. The fourth-order valence-electron chi connectivity index (χ4n) is 3.48. The standard InChI is InChI=1S/C19H29NO4/c1-5-6-13-7-9-15(10-8-13)20-19(21)14-11-16(22-2)18(24-4)17(12-14)23-3/h11-13,15H,5-10H2,1-4H3,(H,20,21). The fraction of sp³-hybridized carbons (Fsp3) is 0.632. The summed E-state index contributed by atoms with van der Waals surface area (Å²) in [6.45, 7) is 2.23. The predicted molar refractivity (Wildman–Crippen MR) is 94.2 cm³/mol. The lowest BCUT2D eigenvalue weighted by atomic mass is 9.83. The van der Waals surface area contributed by atoms with E-state index in [1.807, 2.05) is 0 Å². The van der Waals surface area contributed by atoms with Crippen molar-refractivity contribution in [3.8, 4) is 17.2 Å². The van der Waals surface area contributed by atoms with E-state index in [1.165, 1.54) is 25.7 Å². The Morgan fingerprint density at radius 3 is 2.08 bits per heavy atom. The first-order valence-electron chi connectivity index (χ1n) is 8.73. The third-order valence-electron chi connectivity index (χ3n) is 4.81. The molecule has 0 saturated heterocycles.